The summed E-state index contributed by atoms with van der Waals surface area (Å²) in [4.78, 5) is 40.2. The van der Waals surface area contributed by atoms with Crippen molar-refractivity contribution in [2.24, 2.45) is 16.7 Å². The number of aliphatic hydroxyl groups excluding tert-OH is 2. The highest BCUT2D eigenvalue weighted by atomic mass is 16.6. The number of carbonyl (C=O) groups excluding carboxylic acids is 3. The minimum absolute atomic E-state index is 0.0356. The van der Waals surface area contributed by atoms with Crippen molar-refractivity contribution in [2.75, 3.05) is 6.61 Å². The zero-order valence-electron chi connectivity index (χ0n) is 22.4. The van der Waals surface area contributed by atoms with Crippen molar-refractivity contribution in [1.29, 1.82) is 0 Å². The Kier molecular flexibility index (Phi) is 6.19. The maximum absolute atomic E-state index is 14.2. The first-order chi connectivity index (χ1) is 17.7. The Bertz CT molecular complexity index is 1210. The Morgan fingerprint density at radius 3 is 2.34 bits per heavy atom. The van der Waals surface area contributed by atoms with E-state index in [1.165, 1.54) is 6.92 Å². The van der Waals surface area contributed by atoms with E-state index in [-0.39, 0.29) is 37.2 Å². The number of aliphatic hydroxyl groups is 3. The van der Waals surface area contributed by atoms with Crippen LogP contribution in [0.5, 0.6) is 0 Å². The smallest absolute Gasteiger partial charge is 0.338 e. The SMILES string of the molecule is CC(=O)O[C@@]12CO[C@@H]1C[C@@H](O)[C@@]1(C)C(=O)CC3=C(C)[C@@H](O)C[C@@](O)([C@@H](OC(=O)c4ccccc4)[C@H]21)C3(C)C. The van der Waals surface area contributed by atoms with Crippen molar-refractivity contribution in [3.05, 3.63) is 47.0 Å². The minimum Gasteiger partial charge on any atom is -0.455 e. The third-order valence-electron chi connectivity index (χ3n) is 9.96. The van der Waals surface area contributed by atoms with Crippen LogP contribution in [0.25, 0.3) is 0 Å². The minimum atomic E-state index is -1.89. The Hall–Kier alpha value is -2.59. The summed E-state index contributed by atoms with van der Waals surface area (Å²) < 4.78 is 17.8. The topological polar surface area (TPSA) is 140 Å². The molecule has 0 aromatic heterocycles. The molecule has 3 fully saturated rings. The molecule has 38 heavy (non-hydrogen) atoms. The zero-order valence-corrected chi connectivity index (χ0v) is 22.4. The average molecular weight is 529 g/mol. The van der Waals surface area contributed by atoms with Crippen molar-refractivity contribution >= 4 is 17.7 Å². The van der Waals surface area contributed by atoms with Crippen molar-refractivity contribution in [1.82, 2.24) is 0 Å². The molecule has 3 aliphatic carbocycles. The summed E-state index contributed by atoms with van der Waals surface area (Å²) in [6.07, 6.45) is -4.79. The van der Waals surface area contributed by atoms with Crippen LogP contribution in [0.4, 0.5) is 0 Å². The number of ether oxygens (including phenoxy) is 3. The summed E-state index contributed by atoms with van der Waals surface area (Å²) in [6.45, 7) is 8.02. The van der Waals surface area contributed by atoms with Gasteiger partial charge in [0.1, 0.15) is 23.6 Å². The second kappa shape index (κ2) is 8.71. The number of Topliss-reactive ketones (excluding diaryl/α,β-unsaturated/α-hetero) is 1. The highest BCUT2D eigenvalue weighted by molar-refractivity contribution is 5.91. The number of esters is 2. The average Bonchev–Trinajstić information content (AvgIpc) is 2.85. The normalized spacial score (nSPS) is 41.6. The van der Waals surface area contributed by atoms with Crippen LogP contribution in [0.2, 0.25) is 0 Å². The number of ketones is 1. The fourth-order valence-corrected chi connectivity index (χ4v) is 7.48. The van der Waals surface area contributed by atoms with Gasteiger partial charge in [-0.3, -0.25) is 9.59 Å². The second-order valence-corrected chi connectivity index (χ2v) is 12.1. The second-order valence-electron chi connectivity index (χ2n) is 12.1. The number of fused-ring (bicyclic) bond motifs is 5. The summed E-state index contributed by atoms with van der Waals surface area (Å²) in [5.74, 6) is -2.86. The first kappa shape index (κ1) is 27.0. The molecule has 1 aromatic carbocycles. The molecule has 2 bridgehead atoms. The molecule has 9 heteroatoms. The van der Waals surface area contributed by atoms with Crippen molar-refractivity contribution in [3.63, 3.8) is 0 Å². The van der Waals surface area contributed by atoms with Gasteiger partial charge in [-0.2, -0.15) is 0 Å². The van der Waals surface area contributed by atoms with Crippen molar-refractivity contribution in [2.45, 2.75) is 89.5 Å². The first-order valence-electron chi connectivity index (χ1n) is 13.1. The van der Waals surface area contributed by atoms with Crippen LogP contribution >= 0.6 is 0 Å². The van der Waals surface area contributed by atoms with Crippen LogP contribution in [0, 0.1) is 16.7 Å². The molecule has 206 valence electrons. The molecule has 9 nitrogen and oxygen atoms in total. The molecule has 0 radical (unpaired) electrons. The summed E-state index contributed by atoms with van der Waals surface area (Å²) in [5, 5.41) is 35.2. The fraction of sp³-hybridized carbons (Fsp3) is 0.621. The maximum atomic E-state index is 14.2. The number of carbonyl (C=O) groups is 3. The predicted molar refractivity (Wildman–Crippen MR) is 134 cm³/mol. The Morgan fingerprint density at radius 1 is 1.11 bits per heavy atom. The molecule has 0 amide bonds. The Morgan fingerprint density at radius 2 is 1.76 bits per heavy atom. The molecule has 2 saturated carbocycles. The van der Waals surface area contributed by atoms with Gasteiger partial charge in [0, 0.05) is 31.6 Å². The van der Waals surface area contributed by atoms with Gasteiger partial charge >= 0.3 is 11.9 Å². The largest absolute Gasteiger partial charge is 0.455 e. The third-order valence-corrected chi connectivity index (χ3v) is 9.96. The van der Waals surface area contributed by atoms with E-state index in [2.05, 4.69) is 0 Å². The lowest BCUT2D eigenvalue weighted by molar-refractivity contribution is -0.344. The standard InChI is InChI=1S/C29H36O9/c1-15-18-11-20(32)27(5)21(33)12-22-28(14-36-22,38-16(2)30)23(27)24(29(35,13-19(15)31)26(18,3)4)37-25(34)17-9-7-6-8-10-17/h6-10,19,21-24,31,33,35H,11-14H2,1-5H3/t19-,21+,22+,23-,24-,27+,28-,29+/m0/s1. The lowest BCUT2D eigenvalue weighted by Gasteiger charge is -2.67. The van der Waals surface area contributed by atoms with E-state index < -0.39 is 64.3 Å². The number of hydrogen-bond acceptors (Lipinski definition) is 9. The fourth-order valence-electron chi connectivity index (χ4n) is 7.48. The van der Waals surface area contributed by atoms with Gasteiger partial charge in [-0.05, 0) is 31.6 Å². The number of hydrogen-bond donors (Lipinski definition) is 3. The number of benzene rings is 1. The van der Waals surface area contributed by atoms with Crippen LogP contribution in [0.15, 0.2) is 41.5 Å². The molecule has 8 atom stereocenters. The molecule has 0 spiro atoms. The van der Waals surface area contributed by atoms with Gasteiger partial charge < -0.3 is 29.5 Å². The van der Waals surface area contributed by atoms with E-state index in [1.54, 1.807) is 58.0 Å². The molecular formula is C29H36O9. The monoisotopic (exact) mass is 528 g/mol. The van der Waals surface area contributed by atoms with Gasteiger partial charge in [-0.15, -0.1) is 0 Å². The Labute approximate surface area is 221 Å². The molecule has 5 rings (SSSR count). The highest BCUT2D eigenvalue weighted by Crippen LogP contribution is 2.63. The lowest BCUT2D eigenvalue weighted by atomic mass is 9.45. The van der Waals surface area contributed by atoms with Crippen molar-refractivity contribution in [3.8, 4) is 0 Å². The molecular weight excluding hydrogens is 492 g/mol. The highest BCUT2D eigenvalue weighted by Gasteiger charge is 2.76. The summed E-state index contributed by atoms with van der Waals surface area (Å²) >= 11 is 0. The van der Waals surface area contributed by atoms with E-state index in [4.69, 9.17) is 14.2 Å². The van der Waals surface area contributed by atoms with Gasteiger partial charge in [0.25, 0.3) is 0 Å². The van der Waals surface area contributed by atoms with Crippen LogP contribution < -0.4 is 0 Å². The van der Waals surface area contributed by atoms with E-state index in [0.717, 1.165) is 0 Å². The van der Waals surface area contributed by atoms with Gasteiger partial charge in [-0.1, -0.05) is 37.6 Å². The molecule has 3 N–H and O–H groups in total. The van der Waals surface area contributed by atoms with Gasteiger partial charge in [0.15, 0.2) is 5.60 Å². The van der Waals surface area contributed by atoms with Crippen LogP contribution in [-0.4, -0.2) is 75.3 Å². The van der Waals surface area contributed by atoms with E-state index in [1.807, 2.05) is 0 Å². The molecule has 1 saturated heterocycles. The molecule has 1 heterocycles. The van der Waals surface area contributed by atoms with Crippen LogP contribution in [0.1, 0.15) is 64.2 Å². The Balaban J connectivity index is 1.78. The zero-order chi connectivity index (χ0) is 27.8. The quantitative estimate of drug-likeness (QED) is 0.398. The molecule has 1 aliphatic heterocycles. The van der Waals surface area contributed by atoms with Gasteiger partial charge in [0.05, 0.1) is 35.7 Å². The molecule has 0 unspecified atom stereocenters. The van der Waals surface area contributed by atoms with Gasteiger partial charge in [-0.25, -0.2) is 4.79 Å². The van der Waals surface area contributed by atoms with Gasteiger partial charge in [0.2, 0.25) is 0 Å². The van der Waals surface area contributed by atoms with E-state index in [0.29, 0.717) is 11.1 Å². The van der Waals surface area contributed by atoms with Crippen LogP contribution in [-0.2, 0) is 23.8 Å². The van der Waals surface area contributed by atoms with Crippen molar-refractivity contribution < 1.29 is 43.9 Å². The number of rotatable bonds is 3. The summed E-state index contributed by atoms with van der Waals surface area (Å²) in [5.41, 5.74) is -4.64. The first-order valence-corrected chi connectivity index (χ1v) is 13.1. The molecule has 4 aliphatic rings. The predicted octanol–water partition coefficient (Wildman–Crippen LogP) is 2.11. The maximum Gasteiger partial charge on any atom is 0.338 e. The molecule has 1 aromatic rings. The lowest BCUT2D eigenvalue weighted by Crippen LogP contribution is -2.80. The summed E-state index contributed by atoms with van der Waals surface area (Å²) in [6, 6.07) is 8.25. The van der Waals surface area contributed by atoms with E-state index >= 15 is 0 Å². The van der Waals surface area contributed by atoms with Crippen LogP contribution in [0.3, 0.4) is 0 Å². The third kappa shape index (κ3) is 3.48. The van der Waals surface area contributed by atoms with E-state index in [9.17, 15) is 29.7 Å². The summed E-state index contributed by atoms with van der Waals surface area (Å²) in [7, 11) is 0.